The van der Waals surface area contributed by atoms with Crippen LogP contribution in [0.4, 0.5) is 0 Å². The molecule has 0 aliphatic heterocycles. The number of aryl methyl sites for hydroxylation is 1. The second kappa shape index (κ2) is 7.54. The maximum Gasteiger partial charge on any atom is 0.171 e. The van der Waals surface area contributed by atoms with Crippen LogP contribution in [-0.2, 0) is 15.5 Å². The molecule has 2 nitrogen and oxygen atoms in total. The van der Waals surface area contributed by atoms with E-state index in [0.29, 0.717) is 0 Å². The zero-order chi connectivity index (χ0) is 15.2. The van der Waals surface area contributed by atoms with Gasteiger partial charge in [0.25, 0.3) is 0 Å². The molecule has 1 aromatic rings. The fourth-order valence-electron chi connectivity index (χ4n) is 1.78. The van der Waals surface area contributed by atoms with Crippen LogP contribution in [0.25, 0.3) is 0 Å². The Morgan fingerprint density at radius 2 is 1.35 bits per heavy atom. The van der Waals surface area contributed by atoms with Gasteiger partial charge in [0.1, 0.15) is 0 Å². The van der Waals surface area contributed by atoms with Gasteiger partial charge in [-0.2, -0.15) is 0 Å². The number of rotatable bonds is 6. The molecular weight excluding hydrogens is 267 g/mol. The summed E-state index contributed by atoms with van der Waals surface area (Å²) in [5, 5.41) is 0. The third-order valence-electron chi connectivity index (χ3n) is 2.40. The molecule has 0 unspecified atom stereocenters. The molecular formula is C17H29O2P. The number of hydrogen-bond donors (Lipinski definition) is 0. The van der Waals surface area contributed by atoms with Crippen molar-refractivity contribution in [3.63, 3.8) is 0 Å². The van der Waals surface area contributed by atoms with Crippen molar-refractivity contribution < 1.29 is 9.05 Å². The predicted octanol–water partition coefficient (Wildman–Crippen LogP) is 5.56. The van der Waals surface area contributed by atoms with Crippen LogP contribution in [0.15, 0.2) is 30.3 Å². The molecule has 1 aromatic carbocycles. The highest BCUT2D eigenvalue weighted by Crippen LogP contribution is 2.46. The van der Waals surface area contributed by atoms with Crippen LogP contribution in [0.5, 0.6) is 0 Å². The zero-order valence-electron chi connectivity index (χ0n) is 13.8. The normalized spacial score (nSPS) is 12.9. The van der Waals surface area contributed by atoms with E-state index in [0.717, 1.165) is 19.0 Å². The van der Waals surface area contributed by atoms with E-state index in [1.54, 1.807) is 0 Å². The van der Waals surface area contributed by atoms with Crippen LogP contribution in [0, 0.1) is 0 Å². The Hall–Kier alpha value is -0.430. The lowest BCUT2D eigenvalue weighted by Gasteiger charge is -2.31. The molecule has 0 saturated carbocycles. The summed E-state index contributed by atoms with van der Waals surface area (Å²) in [6, 6.07) is 10.6. The molecule has 114 valence electrons. The molecule has 0 radical (unpaired) electrons. The first-order valence-electron chi connectivity index (χ1n) is 7.35. The molecule has 3 heteroatoms. The van der Waals surface area contributed by atoms with Gasteiger partial charge in [-0.3, -0.25) is 0 Å². The van der Waals surface area contributed by atoms with E-state index in [1.165, 1.54) is 5.56 Å². The van der Waals surface area contributed by atoms with Crippen LogP contribution in [0.2, 0.25) is 0 Å². The first-order valence-corrected chi connectivity index (χ1v) is 8.72. The molecule has 0 aromatic heterocycles. The first kappa shape index (κ1) is 17.6. The quantitative estimate of drug-likeness (QED) is 0.640. The molecule has 20 heavy (non-hydrogen) atoms. The van der Waals surface area contributed by atoms with Crippen molar-refractivity contribution in [3.05, 3.63) is 35.9 Å². The second-order valence-electron chi connectivity index (χ2n) is 7.05. The Kier molecular flexibility index (Phi) is 6.64. The molecule has 1 rings (SSSR count). The fourth-order valence-corrected chi connectivity index (χ4v) is 3.64. The topological polar surface area (TPSA) is 18.5 Å². The Morgan fingerprint density at radius 3 is 1.80 bits per heavy atom. The van der Waals surface area contributed by atoms with Crippen molar-refractivity contribution in [1.82, 2.24) is 0 Å². The third-order valence-corrected chi connectivity index (χ3v) is 4.58. The van der Waals surface area contributed by atoms with Gasteiger partial charge in [0.05, 0.1) is 11.2 Å². The molecule has 0 aliphatic rings. The summed E-state index contributed by atoms with van der Waals surface area (Å²) in [4.78, 5) is 0. The highest BCUT2D eigenvalue weighted by atomic mass is 31.2. The van der Waals surface area contributed by atoms with Crippen LogP contribution in [-0.4, -0.2) is 17.4 Å². The summed E-state index contributed by atoms with van der Waals surface area (Å²) < 4.78 is 12.2. The minimum Gasteiger partial charge on any atom is -0.328 e. The molecule has 0 saturated heterocycles. The Morgan fingerprint density at radius 1 is 0.850 bits per heavy atom. The van der Waals surface area contributed by atoms with Crippen LogP contribution >= 0.6 is 8.38 Å². The molecule has 0 amide bonds. The molecule has 0 spiro atoms. The maximum atomic E-state index is 6.09. The Labute approximate surface area is 125 Å². The lowest BCUT2D eigenvalue weighted by Crippen LogP contribution is -2.22. The van der Waals surface area contributed by atoms with Crippen LogP contribution < -0.4 is 0 Å². The lowest BCUT2D eigenvalue weighted by atomic mass is 10.1. The third kappa shape index (κ3) is 8.68. The monoisotopic (exact) mass is 296 g/mol. The van der Waals surface area contributed by atoms with Crippen molar-refractivity contribution >= 4 is 8.38 Å². The van der Waals surface area contributed by atoms with E-state index in [2.05, 4.69) is 71.9 Å². The van der Waals surface area contributed by atoms with E-state index < -0.39 is 8.38 Å². The van der Waals surface area contributed by atoms with Crippen molar-refractivity contribution in [3.8, 4) is 0 Å². The number of benzene rings is 1. The van der Waals surface area contributed by atoms with Crippen molar-refractivity contribution in [2.45, 2.75) is 65.6 Å². The van der Waals surface area contributed by atoms with Crippen molar-refractivity contribution in [1.29, 1.82) is 0 Å². The summed E-state index contributed by atoms with van der Waals surface area (Å²) in [6.07, 6.45) is 3.17. The van der Waals surface area contributed by atoms with E-state index in [9.17, 15) is 0 Å². The van der Waals surface area contributed by atoms with Gasteiger partial charge in [-0.15, -0.1) is 0 Å². The van der Waals surface area contributed by atoms with Gasteiger partial charge in [0.2, 0.25) is 0 Å². The predicted molar refractivity (Wildman–Crippen MR) is 88.2 cm³/mol. The second-order valence-corrected chi connectivity index (χ2v) is 8.53. The summed E-state index contributed by atoms with van der Waals surface area (Å²) in [5.74, 6) is 0. The Bertz CT molecular complexity index is 360. The van der Waals surface area contributed by atoms with E-state index in [1.807, 2.05) is 0 Å². The summed E-state index contributed by atoms with van der Waals surface area (Å²) >= 11 is 0. The van der Waals surface area contributed by atoms with Gasteiger partial charge in [0, 0.05) is 6.16 Å². The SMILES string of the molecule is CC(C)(C)OP(CCCc1ccccc1)OC(C)(C)C. The van der Waals surface area contributed by atoms with Crippen molar-refractivity contribution in [2.75, 3.05) is 6.16 Å². The van der Waals surface area contributed by atoms with Gasteiger partial charge >= 0.3 is 0 Å². The van der Waals surface area contributed by atoms with Gasteiger partial charge in [-0.1, -0.05) is 30.3 Å². The fraction of sp³-hybridized carbons (Fsp3) is 0.647. The summed E-state index contributed by atoms with van der Waals surface area (Å²) in [7, 11) is -0.833. The van der Waals surface area contributed by atoms with E-state index in [4.69, 9.17) is 9.05 Å². The highest BCUT2D eigenvalue weighted by molar-refractivity contribution is 7.47. The number of hydrogen-bond acceptors (Lipinski definition) is 2. The van der Waals surface area contributed by atoms with Gasteiger partial charge in [0.15, 0.2) is 8.38 Å². The lowest BCUT2D eigenvalue weighted by molar-refractivity contribution is 0.0730. The minimum absolute atomic E-state index is 0.149. The average molecular weight is 296 g/mol. The van der Waals surface area contributed by atoms with Crippen molar-refractivity contribution in [2.24, 2.45) is 0 Å². The highest BCUT2D eigenvalue weighted by Gasteiger charge is 2.24. The van der Waals surface area contributed by atoms with Gasteiger partial charge in [-0.25, -0.2) is 0 Å². The Balaban J connectivity index is 2.48. The molecule has 0 heterocycles. The minimum atomic E-state index is -0.833. The molecule has 0 atom stereocenters. The van der Waals surface area contributed by atoms with Gasteiger partial charge in [-0.05, 0) is 59.9 Å². The molecule has 0 N–H and O–H groups in total. The largest absolute Gasteiger partial charge is 0.328 e. The first-order chi connectivity index (χ1) is 9.16. The molecule has 0 aliphatic carbocycles. The molecule has 0 fully saturated rings. The van der Waals surface area contributed by atoms with E-state index >= 15 is 0 Å². The average Bonchev–Trinajstić information content (AvgIpc) is 2.25. The zero-order valence-corrected chi connectivity index (χ0v) is 14.7. The maximum absolute atomic E-state index is 6.09. The smallest absolute Gasteiger partial charge is 0.171 e. The van der Waals surface area contributed by atoms with Crippen LogP contribution in [0.3, 0.4) is 0 Å². The summed E-state index contributed by atoms with van der Waals surface area (Å²) in [6.45, 7) is 12.5. The van der Waals surface area contributed by atoms with Gasteiger partial charge < -0.3 is 9.05 Å². The molecule has 0 bridgehead atoms. The summed E-state index contributed by atoms with van der Waals surface area (Å²) in [5.41, 5.74) is 1.09. The van der Waals surface area contributed by atoms with Crippen LogP contribution in [0.1, 0.15) is 53.5 Å². The standard InChI is InChI=1S/C17H29O2P/c1-16(2,3)18-20(19-17(4,5)6)14-10-13-15-11-8-7-9-12-15/h7-9,11-12H,10,13-14H2,1-6H3. The van der Waals surface area contributed by atoms with E-state index in [-0.39, 0.29) is 11.2 Å².